The topological polar surface area (TPSA) is 52.3 Å². The minimum Gasteiger partial charge on any atom is -0.352 e. The van der Waals surface area contributed by atoms with Crippen molar-refractivity contribution in [1.82, 2.24) is 19.8 Å². The average molecular weight is 672 g/mol. The van der Waals surface area contributed by atoms with Crippen LogP contribution in [0.15, 0.2) is 128 Å². The Morgan fingerprint density at radius 3 is 1.86 bits per heavy atom. The largest absolute Gasteiger partial charge is 0.352 e. The molecule has 8 rings (SSSR count). The van der Waals surface area contributed by atoms with Crippen molar-refractivity contribution < 1.29 is 13.6 Å². The molecule has 2 saturated heterocycles. The Balaban J connectivity index is 1.06. The van der Waals surface area contributed by atoms with Gasteiger partial charge >= 0.3 is 0 Å². The number of benzene rings is 5. The minimum absolute atomic E-state index is 0.0288. The maximum absolute atomic E-state index is 15.9. The first-order chi connectivity index (χ1) is 24.0. The molecule has 2 aliphatic rings. The summed E-state index contributed by atoms with van der Waals surface area (Å²) in [7, 11) is 0. The van der Waals surface area contributed by atoms with E-state index in [1.165, 1.54) is 18.5 Å². The number of carbonyl (C=O) groups is 1. The highest BCUT2D eigenvalue weighted by Gasteiger charge is 2.56. The predicted molar refractivity (Wildman–Crippen MR) is 188 cm³/mol. The molecule has 9 heteroatoms. The maximum Gasteiger partial charge on any atom is 0.241 e. The summed E-state index contributed by atoms with van der Waals surface area (Å²) >= 11 is 6.58. The summed E-state index contributed by atoms with van der Waals surface area (Å²) in [4.78, 5) is 29.2. The molecule has 0 saturated carbocycles. The molecular formula is C40H32ClF2N5O. The fraction of sp³-hybridized carbons (Fsp3) is 0.175. The van der Waals surface area contributed by atoms with Crippen molar-refractivity contribution in [2.75, 3.05) is 37.6 Å². The van der Waals surface area contributed by atoms with Gasteiger partial charge in [-0.2, -0.15) is 0 Å². The molecule has 5 aromatic carbocycles. The first-order valence-corrected chi connectivity index (χ1v) is 16.7. The zero-order valence-electron chi connectivity index (χ0n) is 26.5. The van der Waals surface area contributed by atoms with Gasteiger partial charge in [0.15, 0.2) is 5.82 Å². The number of anilines is 1. The standard InChI is InChI=1S/C40H32ClF2N5O/c41-32-24-31-37(36(43)35(32)30-18-10-11-19-33(30)42)44-26-45-38(31)46-20-22-47(23-21-46)39(49)34-25-48(34)40(27-12-4-1-5-13-27,28-14-6-2-7-15-28)29-16-8-3-9-17-29/h1-19,24,26,34H,20-23,25H2. The maximum atomic E-state index is 15.9. The van der Waals surface area contributed by atoms with Crippen molar-refractivity contribution in [2.24, 2.45) is 0 Å². The molecule has 244 valence electrons. The SMILES string of the molecule is O=C(C1CN1C(c1ccccc1)(c1ccccc1)c1ccccc1)N1CCN(c2ncnc3c(F)c(-c4ccccc4F)c(Cl)cc23)CC1. The van der Waals surface area contributed by atoms with E-state index < -0.39 is 17.2 Å². The van der Waals surface area contributed by atoms with Crippen molar-refractivity contribution in [2.45, 2.75) is 11.6 Å². The molecule has 2 fully saturated rings. The summed E-state index contributed by atoms with van der Waals surface area (Å²) in [5.74, 6) is -0.650. The number of hydrogen-bond acceptors (Lipinski definition) is 5. The van der Waals surface area contributed by atoms with Crippen molar-refractivity contribution in [3.63, 3.8) is 0 Å². The third-order valence-corrected chi connectivity index (χ3v) is 10.0. The lowest BCUT2D eigenvalue weighted by Crippen LogP contribution is -2.51. The summed E-state index contributed by atoms with van der Waals surface area (Å²) < 4.78 is 30.5. The Labute approximate surface area is 288 Å². The Hall–Kier alpha value is -5.18. The lowest BCUT2D eigenvalue weighted by molar-refractivity contribution is -0.132. The molecule has 0 N–H and O–H groups in total. The Morgan fingerprint density at radius 2 is 1.29 bits per heavy atom. The molecule has 6 nitrogen and oxygen atoms in total. The van der Waals surface area contributed by atoms with Gasteiger partial charge in [0, 0.05) is 49.2 Å². The van der Waals surface area contributed by atoms with Crippen LogP contribution >= 0.6 is 11.6 Å². The van der Waals surface area contributed by atoms with Crippen LogP contribution in [0.1, 0.15) is 16.7 Å². The summed E-state index contributed by atoms with van der Waals surface area (Å²) in [6, 6.07) is 38.4. The molecule has 1 aromatic heterocycles. The highest BCUT2D eigenvalue weighted by Crippen LogP contribution is 2.48. The van der Waals surface area contributed by atoms with Gasteiger partial charge < -0.3 is 9.80 Å². The number of fused-ring (bicyclic) bond motifs is 1. The number of hydrogen-bond donors (Lipinski definition) is 0. The molecule has 6 aromatic rings. The van der Waals surface area contributed by atoms with Crippen LogP contribution in [0.4, 0.5) is 14.6 Å². The lowest BCUT2D eigenvalue weighted by Gasteiger charge is -2.39. The fourth-order valence-electron chi connectivity index (χ4n) is 7.39. The van der Waals surface area contributed by atoms with E-state index in [9.17, 15) is 9.18 Å². The van der Waals surface area contributed by atoms with Crippen LogP contribution in [0.5, 0.6) is 0 Å². The van der Waals surface area contributed by atoms with E-state index in [0.29, 0.717) is 43.9 Å². The first kappa shape index (κ1) is 31.1. The summed E-state index contributed by atoms with van der Waals surface area (Å²) in [6.07, 6.45) is 1.32. The zero-order chi connectivity index (χ0) is 33.5. The number of halogens is 3. The van der Waals surface area contributed by atoms with Gasteiger partial charge in [-0.3, -0.25) is 9.69 Å². The van der Waals surface area contributed by atoms with Gasteiger partial charge in [0.2, 0.25) is 5.91 Å². The number of amides is 1. The van der Waals surface area contributed by atoms with Gasteiger partial charge in [-0.25, -0.2) is 18.7 Å². The molecule has 2 atom stereocenters. The van der Waals surface area contributed by atoms with Crippen molar-refractivity contribution >= 4 is 34.2 Å². The number of aromatic nitrogens is 2. The molecule has 0 radical (unpaired) electrons. The van der Waals surface area contributed by atoms with Crippen LogP contribution in [0.25, 0.3) is 22.0 Å². The van der Waals surface area contributed by atoms with E-state index in [-0.39, 0.29) is 33.6 Å². The van der Waals surface area contributed by atoms with Gasteiger partial charge in [0.25, 0.3) is 0 Å². The van der Waals surface area contributed by atoms with E-state index in [4.69, 9.17) is 11.6 Å². The Kier molecular flexibility index (Phi) is 8.06. The Morgan fingerprint density at radius 1 is 0.735 bits per heavy atom. The molecule has 2 aliphatic heterocycles. The van der Waals surface area contributed by atoms with E-state index in [1.54, 1.807) is 18.2 Å². The van der Waals surface area contributed by atoms with E-state index in [1.807, 2.05) is 64.4 Å². The second kappa shape index (κ2) is 12.7. The number of rotatable bonds is 7. The van der Waals surface area contributed by atoms with Crippen molar-refractivity contribution in [3.05, 3.63) is 161 Å². The summed E-state index contributed by atoms with van der Waals surface area (Å²) in [6.45, 7) is 2.58. The summed E-state index contributed by atoms with van der Waals surface area (Å²) in [5, 5.41) is 0.518. The third kappa shape index (κ3) is 5.32. The van der Waals surface area contributed by atoms with Gasteiger partial charge in [0.05, 0.1) is 10.6 Å². The van der Waals surface area contributed by atoms with Gasteiger partial charge in [-0.15, -0.1) is 0 Å². The molecule has 0 bridgehead atoms. The van der Waals surface area contributed by atoms with E-state index in [0.717, 1.165) is 16.7 Å². The van der Waals surface area contributed by atoms with Crippen molar-refractivity contribution in [1.29, 1.82) is 0 Å². The molecule has 0 aliphatic carbocycles. The van der Waals surface area contributed by atoms with Crippen LogP contribution in [-0.4, -0.2) is 64.4 Å². The van der Waals surface area contributed by atoms with Crippen LogP contribution in [-0.2, 0) is 10.3 Å². The minimum atomic E-state index is -0.697. The van der Waals surface area contributed by atoms with E-state index >= 15 is 4.39 Å². The smallest absolute Gasteiger partial charge is 0.241 e. The van der Waals surface area contributed by atoms with Crippen LogP contribution < -0.4 is 4.90 Å². The highest BCUT2D eigenvalue weighted by molar-refractivity contribution is 6.34. The van der Waals surface area contributed by atoms with Crippen LogP contribution in [0, 0.1) is 11.6 Å². The third-order valence-electron chi connectivity index (χ3n) is 9.74. The normalized spacial score (nSPS) is 17.7. The molecule has 3 heterocycles. The van der Waals surface area contributed by atoms with Gasteiger partial charge in [-0.1, -0.05) is 121 Å². The monoisotopic (exact) mass is 671 g/mol. The fourth-order valence-corrected chi connectivity index (χ4v) is 7.68. The molecule has 2 unspecified atom stereocenters. The molecule has 49 heavy (non-hydrogen) atoms. The zero-order valence-corrected chi connectivity index (χ0v) is 27.3. The van der Waals surface area contributed by atoms with E-state index in [2.05, 4.69) is 51.3 Å². The number of piperazine rings is 1. The number of carbonyl (C=O) groups excluding carboxylic acids is 1. The van der Waals surface area contributed by atoms with Crippen LogP contribution in [0.2, 0.25) is 5.02 Å². The second-order valence-corrected chi connectivity index (χ2v) is 12.8. The van der Waals surface area contributed by atoms with Gasteiger partial charge in [-0.05, 0) is 28.8 Å². The van der Waals surface area contributed by atoms with Gasteiger partial charge in [0.1, 0.15) is 29.5 Å². The van der Waals surface area contributed by atoms with Crippen LogP contribution in [0.3, 0.4) is 0 Å². The summed E-state index contributed by atoms with van der Waals surface area (Å²) in [5.41, 5.74) is 2.78. The number of nitrogens with zero attached hydrogens (tertiary/aromatic N) is 5. The average Bonchev–Trinajstić information content (AvgIpc) is 3.95. The molecule has 0 spiro atoms. The Bertz CT molecular complexity index is 2050. The predicted octanol–water partition coefficient (Wildman–Crippen LogP) is 7.55. The second-order valence-electron chi connectivity index (χ2n) is 12.4. The molecular weight excluding hydrogens is 640 g/mol. The van der Waals surface area contributed by atoms with Crippen molar-refractivity contribution in [3.8, 4) is 11.1 Å². The quantitative estimate of drug-likeness (QED) is 0.130. The highest BCUT2D eigenvalue weighted by atomic mass is 35.5. The lowest BCUT2D eigenvalue weighted by atomic mass is 9.76. The molecule has 1 amide bonds. The first-order valence-electron chi connectivity index (χ1n) is 16.3.